The molecule has 4 nitrogen and oxygen atoms in total. The predicted octanol–water partition coefficient (Wildman–Crippen LogP) is 1.64. The lowest BCUT2D eigenvalue weighted by atomic mass is 9.88. The number of rotatable bonds is 2. The molecule has 1 heterocycles. The third-order valence-electron chi connectivity index (χ3n) is 2.45. The van der Waals surface area contributed by atoms with E-state index in [1.54, 1.807) is 18.3 Å². The molecule has 0 aromatic carbocycles. The minimum absolute atomic E-state index is 0.0396. The van der Waals surface area contributed by atoms with E-state index in [0.717, 1.165) is 0 Å². The van der Waals surface area contributed by atoms with Crippen LogP contribution in [0, 0.1) is 5.41 Å². The maximum Gasteiger partial charge on any atom is 0.272 e. The molecule has 0 aliphatic carbocycles. The zero-order valence-corrected chi connectivity index (χ0v) is 9.61. The SMILES string of the molecule is CC(NC(=O)c1cccnn1)C(C)(C)C. The third kappa shape index (κ3) is 3.31. The molecule has 1 aromatic rings. The van der Waals surface area contributed by atoms with Gasteiger partial charge in [-0.1, -0.05) is 20.8 Å². The van der Waals surface area contributed by atoms with Gasteiger partial charge in [0.05, 0.1) is 0 Å². The first kappa shape index (κ1) is 11.6. The summed E-state index contributed by atoms with van der Waals surface area (Å²) in [4.78, 5) is 11.7. The normalized spacial score (nSPS) is 13.3. The molecule has 0 fully saturated rings. The summed E-state index contributed by atoms with van der Waals surface area (Å²) < 4.78 is 0. The highest BCUT2D eigenvalue weighted by Crippen LogP contribution is 2.18. The van der Waals surface area contributed by atoms with E-state index in [2.05, 4.69) is 36.3 Å². The first-order valence-electron chi connectivity index (χ1n) is 5.00. The molecule has 4 heteroatoms. The molecule has 1 aromatic heterocycles. The quantitative estimate of drug-likeness (QED) is 0.802. The Morgan fingerprint density at radius 1 is 1.47 bits per heavy atom. The van der Waals surface area contributed by atoms with Crippen molar-refractivity contribution in [2.45, 2.75) is 33.7 Å². The van der Waals surface area contributed by atoms with Crippen LogP contribution in [0.1, 0.15) is 38.2 Å². The Labute approximate surface area is 90.1 Å². The lowest BCUT2D eigenvalue weighted by molar-refractivity contribution is 0.0904. The number of hydrogen-bond acceptors (Lipinski definition) is 3. The molecular formula is C11H17N3O. The van der Waals surface area contributed by atoms with Gasteiger partial charge in [0.2, 0.25) is 0 Å². The monoisotopic (exact) mass is 207 g/mol. The highest BCUT2D eigenvalue weighted by atomic mass is 16.2. The Morgan fingerprint density at radius 3 is 2.60 bits per heavy atom. The molecule has 1 N–H and O–H groups in total. The molecule has 82 valence electrons. The second-order valence-electron chi connectivity index (χ2n) is 4.67. The van der Waals surface area contributed by atoms with Crippen molar-refractivity contribution in [1.82, 2.24) is 15.5 Å². The fourth-order valence-corrected chi connectivity index (χ4v) is 0.910. The molecule has 0 radical (unpaired) electrons. The Morgan fingerprint density at radius 2 is 2.13 bits per heavy atom. The van der Waals surface area contributed by atoms with Crippen molar-refractivity contribution in [3.05, 3.63) is 24.0 Å². The molecule has 15 heavy (non-hydrogen) atoms. The molecule has 1 rings (SSSR count). The molecule has 1 unspecified atom stereocenters. The Balaban J connectivity index is 2.65. The summed E-state index contributed by atoms with van der Waals surface area (Å²) >= 11 is 0. The summed E-state index contributed by atoms with van der Waals surface area (Å²) in [6.07, 6.45) is 1.55. The number of aromatic nitrogens is 2. The average molecular weight is 207 g/mol. The molecule has 0 bridgehead atoms. The number of carbonyl (C=O) groups excluding carboxylic acids is 1. The van der Waals surface area contributed by atoms with Gasteiger partial charge in [0.1, 0.15) is 0 Å². The van der Waals surface area contributed by atoms with Crippen LogP contribution in [0.3, 0.4) is 0 Å². The largest absolute Gasteiger partial charge is 0.348 e. The zero-order chi connectivity index (χ0) is 11.5. The van der Waals surface area contributed by atoms with Gasteiger partial charge in [-0.05, 0) is 24.5 Å². The van der Waals surface area contributed by atoms with Crippen LogP contribution >= 0.6 is 0 Å². The fourth-order valence-electron chi connectivity index (χ4n) is 0.910. The molecule has 0 aliphatic heterocycles. The van der Waals surface area contributed by atoms with Crippen molar-refractivity contribution in [2.75, 3.05) is 0 Å². The summed E-state index contributed by atoms with van der Waals surface area (Å²) in [5.74, 6) is -0.175. The first-order chi connectivity index (χ1) is 6.91. The first-order valence-corrected chi connectivity index (χ1v) is 5.00. The van der Waals surface area contributed by atoms with E-state index in [4.69, 9.17) is 0 Å². The van der Waals surface area contributed by atoms with Gasteiger partial charge in [0.15, 0.2) is 5.69 Å². The molecule has 0 saturated carbocycles. The van der Waals surface area contributed by atoms with E-state index in [1.165, 1.54) is 0 Å². The topological polar surface area (TPSA) is 54.9 Å². The van der Waals surface area contributed by atoms with Crippen LogP contribution in [0.25, 0.3) is 0 Å². The predicted molar refractivity (Wildman–Crippen MR) is 58.4 cm³/mol. The van der Waals surface area contributed by atoms with Gasteiger partial charge in [-0.2, -0.15) is 5.10 Å². The van der Waals surface area contributed by atoms with Crippen molar-refractivity contribution in [3.8, 4) is 0 Å². The number of hydrogen-bond donors (Lipinski definition) is 1. The zero-order valence-electron chi connectivity index (χ0n) is 9.61. The van der Waals surface area contributed by atoms with Crippen LogP contribution in [0.15, 0.2) is 18.3 Å². The van der Waals surface area contributed by atoms with Gasteiger partial charge < -0.3 is 5.32 Å². The van der Waals surface area contributed by atoms with Crippen molar-refractivity contribution >= 4 is 5.91 Å². The van der Waals surface area contributed by atoms with E-state index in [9.17, 15) is 4.79 Å². The van der Waals surface area contributed by atoms with Crippen molar-refractivity contribution in [3.63, 3.8) is 0 Å². The second kappa shape index (κ2) is 4.38. The molecule has 1 amide bonds. The second-order valence-corrected chi connectivity index (χ2v) is 4.67. The fraction of sp³-hybridized carbons (Fsp3) is 0.545. The highest BCUT2D eigenvalue weighted by molar-refractivity contribution is 5.92. The Bertz CT molecular complexity index is 329. The lowest BCUT2D eigenvalue weighted by Crippen LogP contribution is -2.41. The van der Waals surface area contributed by atoms with Crippen LogP contribution in [0.5, 0.6) is 0 Å². The van der Waals surface area contributed by atoms with Gasteiger partial charge in [0.25, 0.3) is 5.91 Å². The van der Waals surface area contributed by atoms with E-state index in [-0.39, 0.29) is 17.4 Å². The van der Waals surface area contributed by atoms with Gasteiger partial charge in [-0.15, -0.1) is 5.10 Å². The Hall–Kier alpha value is -1.45. The summed E-state index contributed by atoms with van der Waals surface area (Å²) in [7, 11) is 0. The number of nitrogens with one attached hydrogen (secondary N) is 1. The smallest absolute Gasteiger partial charge is 0.272 e. The highest BCUT2D eigenvalue weighted by Gasteiger charge is 2.22. The molecule has 0 aliphatic rings. The van der Waals surface area contributed by atoms with E-state index < -0.39 is 0 Å². The van der Waals surface area contributed by atoms with Gasteiger partial charge >= 0.3 is 0 Å². The van der Waals surface area contributed by atoms with Crippen molar-refractivity contribution in [1.29, 1.82) is 0 Å². The van der Waals surface area contributed by atoms with Gasteiger partial charge in [-0.3, -0.25) is 4.79 Å². The lowest BCUT2D eigenvalue weighted by Gasteiger charge is -2.27. The summed E-state index contributed by atoms with van der Waals surface area (Å²) in [6, 6.07) is 3.44. The van der Waals surface area contributed by atoms with Crippen molar-refractivity contribution < 1.29 is 4.79 Å². The third-order valence-corrected chi connectivity index (χ3v) is 2.45. The number of amides is 1. The standard InChI is InChI=1S/C11H17N3O/c1-8(11(2,3)4)13-10(15)9-6-5-7-12-14-9/h5-8H,1-4H3,(H,13,15). The van der Waals surface area contributed by atoms with Gasteiger partial charge in [-0.25, -0.2) is 0 Å². The minimum atomic E-state index is -0.175. The van der Waals surface area contributed by atoms with Gasteiger partial charge in [0, 0.05) is 12.2 Å². The number of carbonyl (C=O) groups is 1. The van der Waals surface area contributed by atoms with Crippen LogP contribution < -0.4 is 5.32 Å². The molecule has 0 saturated heterocycles. The maximum atomic E-state index is 11.7. The molecular weight excluding hydrogens is 190 g/mol. The molecule has 0 spiro atoms. The van der Waals surface area contributed by atoms with E-state index >= 15 is 0 Å². The Kier molecular flexibility index (Phi) is 3.39. The summed E-state index contributed by atoms with van der Waals surface area (Å²) in [6.45, 7) is 8.21. The van der Waals surface area contributed by atoms with Crippen LogP contribution in [0.2, 0.25) is 0 Å². The molecule has 1 atom stereocenters. The van der Waals surface area contributed by atoms with E-state index in [0.29, 0.717) is 5.69 Å². The maximum absolute atomic E-state index is 11.7. The van der Waals surface area contributed by atoms with Crippen molar-refractivity contribution in [2.24, 2.45) is 5.41 Å². The van der Waals surface area contributed by atoms with Crippen LogP contribution in [-0.2, 0) is 0 Å². The summed E-state index contributed by atoms with van der Waals surface area (Å²) in [5.41, 5.74) is 0.395. The summed E-state index contributed by atoms with van der Waals surface area (Å²) in [5, 5.41) is 10.3. The minimum Gasteiger partial charge on any atom is -0.348 e. The number of nitrogens with zero attached hydrogens (tertiary/aromatic N) is 2. The van der Waals surface area contributed by atoms with Crippen LogP contribution in [0.4, 0.5) is 0 Å². The van der Waals surface area contributed by atoms with Crippen LogP contribution in [-0.4, -0.2) is 22.1 Å². The van der Waals surface area contributed by atoms with E-state index in [1.807, 2.05) is 6.92 Å². The average Bonchev–Trinajstić information content (AvgIpc) is 2.17.